The highest BCUT2D eigenvalue weighted by molar-refractivity contribution is 9.10. The molecule has 0 atom stereocenters. The van der Waals surface area contributed by atoms with Crippen LogP contribution in [0.1, 0.15) is 16.1 Å². The Morgan fingerprint density at radius 1 is 1.46 bits per heavy atom. The van der Waals surface area contributed by atoms with Crippen molar-refractivity contribution in [2.45, 2.75) is 13.5 Å². The molecule has 0 aliphatic rings. The molecule has 0 aliphatic heterocycles. The first kappa shape index (κ1) is 17.1. The van der Waals surface area contributed by atoms with Crippen molar-refractivity contribution in [3.63, 3.8) is 0 Å². The summed E-state index contributed by atoms with van der Waals surface area (Å²) in [6.45, 7) is 3.04. The second-order valence-electron chi connectivity index (χ2n) is 5.36. The van der Waals surface area contributed by atoms with Crippen molar-refractivity contribution >= 4 is 43.4 Å². The molecule has 126 valence electrons. The standard InChI is InChI=1S/C16H17BrN4O2S/c1-10-9-18-20(2)14(10)15(22)19-16-21(6-7-23-3)12-5-4-11(17)8-13(12)24-16/h4-5,8-9H,6-7H2,1-3H3. The first-order valence-electron chi connectivity index (χ1n) is 7.36. The zero-order valence-electron chi connectivity index (χ0n) is 13.6. The average molecular weight is 409 g/mol. The van der Waals surface area contributed by atoms with Crippen LogP contribution in [-0.4, -0.2) is 34.0 Å². The highest BCUT2D eigenvalue weighted by Crippen LogP contribution is 2.22. The number of carbonyl (C=O) groups excluding carboxylic acids is 1. The van der Waals surface area contributed by atoms with Crippen molar-refractivity contribution in [2.24, 2.45) is 12.0 Å². The Morgan fingerprint density at radius 2 is 2.25 bits per heavy atom. The predicted molar refractivity (Wildman–Crippen MR) is 97.2 cm³/mol. The van der Waals surface area contributed by atoms with E-state index in [1.54, 1.807) is 25.0 Å². The molecular weight excluding hydrogens is 392 g/mol. The zero-order valence-corrected chi connectivity index (χ0v) is 16.0. The summed E-state index contributed by atoms with van der Waals surface area (Å²) < 4.78 is 10.8. The van der Waals surface area contributed by atoms with Crippen molar-refractivity contribution in [1.82, 2.24) is 14.3 Å². The summed E-state index contributed by atoms with van der Waals surface area (Å²) in [6.07, 6.45) is 1.67. The van der Waals surface area contributed by atoms with Gasteiger partial charge in [0.05, 0.1) is 23.0 Å². The summed E-state index contributed by atoms with van der Waals surface area (Å²) in [5.74, 6) is -0.288. The Labute approximate surface area is 151 Å². The number of thiazole rings is 1. The molecule has 0 spiro atoms. The van der Waals surface area contributed by atoms with Gasteiger partial charge in [0.15, 0.2) is 4.80 Å². The van der Waals surface area contributed by atoms with Crippen molar-refractivity contribution in [3.05, 3.63) is 44.9 Å². The lowest BCUT2D eigenvalue weighted by molar-refractivity contribution is 0.0988. The Bertz CT molecular complexity index is 951. The first-order chi connectivity index (χ1) is 11.5. The van der Waals surface area contributed by atoms with Gasteiger partial charge in [0.25, 0.3) is 5.91 Å². The fraction of sp³-hybridized carbons (Fsp3) is 0.312. The fourth-order valence-electron chi connectivity index (χ4n) is 2.53. The number of ether oxygens (including phenoxy) is 1. The molecule has 0 radical (unpaired) electrons. The van der Waals surface area contributed by atoms with Gasteiger partial charge >= 0.3 is 0 Å². The minimum atomic E-state index is -0.288. The SMILES string of the molecule is COCCn1c(=NC(=O)c2c(C)cnn2C)sc2cc(Br)ccc21. The number of amides is 1. The van der Waals surface area contributed by atoms with E-state index in [1.807, 2.05) is 29.7 Å². The number of methoxy groups -OCH3 is 1. The summed E-state index contributed by atoms with van der Waals surface area (Å²) in [4.78, 5) is 17.6. The van der Waals surface area contributed by atoms with Gasteiger partial charge in [-0.1, -0.05) is 27.3 Å². The summed E-state index contributed by atoms with van der Waals surface area (Å²) in [5.41, 5.74) is 2.36. The maximum Gasteiger partial charge on any atom is 0.298 e. The van der Waals surface area contributed by atoms with Gasteiger partial charge in [-0.3, -0.25) is 9.48 Å². The molecule has 2 heterocycles. The summed E-state index contributed by atoms with van der Waals surface area (Å²) in [7, 11) is 3.41. The second kappa shape index (κ2) is 7.00. The van der Waals surface area contributed by atoms with E-state index >= 15 is 0 Å². The third-order valence-electron chi connectivity index (χ3n) is 3.69. The van der Waals surface area contributed by atoms with E-state index in [-0.39, 0.29) is 5.91 Å². The molecular formula is C16H17BrN4O2S. The molecule has 1 aromatic carbocycles. The van der Waals surface area contributed by atoms with Crippen LogP contribution >= 0.6 is 27.3 Å². The number of carbonyl (C=O) groups is 1. The molecule has 3 rings (SSSR count). The lowest BCUT2D eigenvalue weighted by Crippen LogP contribution is -2.20. The minimum absolute atomic E-state index is 0.288. The van der Waals surface area contributed by atoms with Gasteiger partial charge in [-0.2, -0.15) is 10.1 Å². The van der Waals surface area contributed by atoms with E-state index in [4.69, 9.17) is 4.74 Å². The smallest absolute Gasteiger partial charge is 0.298 e. The van der Waals surface area contributed by atoms with Crippen molar-refractivity contribution < 1.29 is 9.53 Å². The quantitative estimate of drug-likeness (QED) is 0.666. The fourth-order valence-corrected chi connectivity index (χ4v) is 4.13. The number of rotatable bonds is 4. The number of fused-ring (bicyclic) bond motifs is 1. The average Bonchev–Trinajstić information content (AvgIpc) is 3.04. The number of benzene rings is 1. The largest absolute Gasteiger partial charge is 0.383 e. The van der Waals surface area contributed by atoms with Crippen LogP contribution in [0, 0.1) is 6.92 Å². The molecule has 6 nitrogen and oxygen atoms in total. The van der Waals surface area contributed by atoms with Crippen molar-refractivity contribution in [1.29, 1.82) is 0 Å². The zero-order chi connectivity index (χ0) is 17.3. The lowest BCUT2D eigenvalue weighted by Gasteiger charge is -2.04. The number of hydrogen-bond acceptors (Lipinski definition) is 4. The van der Waals surface area contributed by atoms with Crippen molar-refractivity contribution in [2.75, 3.05) is 13.7 Å². The van der Waals surface area contributed by atoms with E-state index < -0.39 is 0 Å². The second-order valence-corrected chi connectivity index (χ2v) is 7.28. The number of aromatic nitrogens is 3. The van der Waals surface area contributed by atoms with Crippen molar-refractivity contribution in [3.8, 4) is 0 Å². The van der Waals surface area contributed by atoms with Crippen LogP contribution in [0.2, 0.25) is 0 Å². The van der Waals surface area contributed by atoms with Crippen LogP contribution < -0.4 is 4.80 Å². The Kier molecular flexibility index (Phi) is 4.98. The molecule has 2 aromatic heterocycles. The highest BCUT2D eigenvalue weighted by atomic mass is 79.9. The molecule has 0 fully saturated rings. The summed E-state index contributed by atoms with van der Waals surface area (Å²) in [5, 5.41) is 4.11. The van der Waals surface area contributed by atoms with Crippen LogP contribution in [0.4, 0.5) is 0 Å². The Morgan fingerprint density at radius 3 is 2.92 bits per heavy atom. The maximum absolute atomic E-state index is 12.6. The molecule has 24 heavy (non-hydrogen) atoms. The normalized spacial score (nSPS) is 12.2. The monoisotopic (exact) mass is 408 g/mol. The molecule has 0 aliphatic carbocycles. The Hall–Kier alpha value is -1.77. The van der Waals surface area contributed by atoms with Gasteiger partial charge < -0.3 is 9.30 Å². The maximum atomic E-state index is 12.6. The van der Waals surface area contributed by atoms with Crippen LogP contribution in [0.15, 0.2) is 33.9 Å². The Balaban J connectivity index is 2.15. The van der Waals surface area contributed by atoms with Gasteiger partial charge in [-0.25, -0.2) is 0 Å². The molecule has 0 saturated heterocycles. The molecule has 3 aromatic rings. The third-order valence-corrected chi connectivity index (χ3v) is 5.22. The van der Waals surface area contributed by atoms with E-state index in [0.29, 0.717) is 23.6 Å². The van der Waals surface area contributed by atoms with E-state index in [2.05, 4.69) is 26.0 Å². The van der Waals surface area contributed by atoms with E-state index in [0.717, 1.165) is 20.3 Å². The highest BCUT2D eigenvalue weighted by Gasteiger charge is 2.15. The lowest BCUT2D eigenvalue weighted by atomic mass is 10.3. The number of nitrogens with zero attached hydrogens (tertiary/aromatic N) is 4. The van der Waals surface area contributed by atoms with Gasteiger partial charge in [-0.15, -0.1) is 0 Å². The van der Waals surface area contributed by atoms with Crippen LogP contribution in [0.5, 0.6) is 0 Å². The summed E-state index contributed by atoms with van der Waals surface area (Å²) in [6, 6.07) is 6.03. The van der Waals surface area contributed by atoms with Gasteiger partial charge in [0, 0.05) is 30.7 Å². The molecule has 8 heteroatoms. The van der Waals surface area contributed by atoms with Crippen LogP contribution in [-0.2, 0) is 18.3 Å². The molecule has 0 unspecified atom stereocenters. The summed E-state index contributed by atoms with van der Waals surface area (Å²) >= 11 is 4.97. The van der Waals surface area contributed by atoms with Crippen LogP contribution in [0.25, 0.3) is 10.2 Å². The van der Waals surface area contributed by atoms with E-state index in [9.17, 15) is 4.79 Å². The number of hydrogen-bond donors (Lipinski definition) is 0. The van der Waals surface area contributed by atoms with Gasteiger partial charge in [0.2, 0.25) is 0 Å². The molecule has 0 bridgehead atoms. The minimum Gasteiger partial charge on any atom is -0.383 e. The number of halogens is 1. The third kappa shape index (κ3) is 3.22. The number of aryl methyl sites for hydroxylation is 2. The molecule has 0 N–H and O–H groups in total. The topological polar surface area (TPSA) is 61.4 Å². The first-order valence-corrected chi connectivity index (χ1v) is 8.97. The molecule has 1 amide bonds. The van der Waals surface area contributed by atoms with Gasteiger partial charge in [0.1, 0.15) is 5.69 Å². The predicted octanol–water partition coefficient (Wildman–Crippen LogP) is 2.89. The molecule has 0 saturated carbocycles. The van der Waals surface area contributed by atoms with E-state index in [1.165, 1.54) is 11.3 Å². The van der Waals surface area contributed by atoms with Gasteiger partial charge in [-0.05, 0) is 25.1 Å². The van der Waals surface area contributed by atoms with Crippen LogP contribution in [0.3, 0.4) is 0 Å².